The van der Waals surface area contributed by atoms with E-state index in [9.17, 15) is 0 Å². The maximum absolute atomic E-state index is 6.23. The quantitative estimate of drug-likeness (QED) is 0.847. The van der Waals surface area contributed by atoms with Gasteiger partial charge in [-0.05, 0) is 23.6 Å². The molecule has 1 aliphatic rings. The summed E-state index contributed by atoms with van der Waals surface area (Å²) in [5.74, 6) is 1.09. The lowest BCUT2D eigenvalue weighted by Gasteiger charge is -2.30. The van der Waals surface area contributed by atoms with Crippen LogP contribution < -0.4 is 5.73 Å². The minimum Gasteiger partial charge on any atom is -0.323 e. The third-order valence-corrected chi connectivity index (χ3v) is 5.01. The minimum absolute atomic E-state index is 0.200. The Morgan fingerprint density at radius 3 is 3.07 bits per heavy atom. The molecule has 2 atom stereocenters. The van der Waals surface area contributed by atoms with E-state index in [-0.39, 0.29) is 6.04 Å². The summed E-state index contributed by atoms with van der Waals surface area (Å²) in [5, 5.41) is 0.580. The number of rotatable bonds is 1. The zero-order valence-electron chi connectivity index (χ0n) is 8.16. The molecule has 1 aliphatic heterocycles. The van der Waals surface area contributed by atoms with Crippen LogP contribution >= 0.6 is 27.7 Å². The van der Waals surface area contributed by atoms with Crippen LogP contribution in [0.3, 0.4) is 0 Å². The Labute approximate surface area is 97.6 Å². The Kier molecular flexibility index (Phi) is 3.20. The van der Waals surface area contributed by atoms with Gasteiger partial charge >= 0.3 is 0 Å². The molecule has 0 amide bonds. The normalized spacial score (nSPS) is 25.9. The summed E-state index contributed by atoms with van der Waals surface area (Å²) in [7, 11) is 0. The van der Waals surface area contributed by atoms with E-state index in [0.29, 0.717) is 5.25 Å². The standard InChI is InChI=1S/C11H14BrNS/c1-2-10-11(13)7-4-3-5-9(12)8(7)6-14-10/h3-5,10-11H,2,6,13H2,1H3. The van der Waals surface area contributed by atoms with E-state index in [1.807, 2.05) is 11.8 Å². The Morgan fingerprint density at radius 1 is 1.57 bits per heavy atom. The first-order valence-electron chi connectivity index (χ1n) is 4.88. The summed E-state index contributed by atoms with van der Waals surface area (Å²) in [5.41, 5.74) is 8.94. The highest BCUT2D eigenvalue weighted by atomic mass is 79.9. The predicted molar refractivity (Wildman–Crippen MR) is 66.4 cm³/mol. The number of fused-ring (bicyclic) bond motifs is 1. The van der Waals surface area contributed by atoms with E-state index >= 15 is 0 Å². The van der Waals surface area contributed by atoms with Crippen molar-refractivity contribution in [2.24, 2.45) is 5.73 Å². The first-order valence-corrected chi connectivity index (χ1v) is 6.72. The molecule has 0 radical (unpaired) electrons. The summed E-state index contributed by atoms with van der Waals surface area (Å²) >= 11 is 5.56. The van der Waals surface area contributed by atoms with Crippen molar-refractivity contribution in [3.05, 3.63) is 33.8 Å². The summed E-state index contributed by atoms with van der Waals surface area (Å²) < 4.78 is 1.20. The molecule has 0 spiro atoms. The highest BCUT2D eigenvalue weighted by Crippen LogP contribution is 2.40. The van der Waals surface area contributed by atoms with Gasteiger partial charge in [-0.1, -0.05) is 35.0 Å². The first-order chi connectivity index (χ1) is 6.74. The molecule has 2 N–H and O–H groups in total. The Hall–Kier alpha value is 0.01000. The first kappa shape index (κ1) is 10.5. The maximum atomic E-state index is 6.23. The molecular formula is C11H14BrNS. The highest BCUT2D eigenvalue weighted by molar-refractivity contribution is 9.10. The molecule has 14 heavy (non-hydrogen) atoms. The zero-order valence-corrected chi connectivity index (χ0v) is 10.6. The lowest BCUT2D eigenvalue weighted by atomic mass is 9.97. The van der Waals surface area contributed by atoms with Crippen molar-refractivity contribution in [2.45, 2.75) is 30.4 Å². The Morgan fingerprint density at radius 2 is 2.36 bits per heavy atom. The van der Waals surface area contributed by atoms with Crippen LogP contribution in [0.15, 0.2) is 22.7 Å². The molecule has 3 heteroatoms. The van der Waals surface area contributed by atoms with Crippen molar-refractivity contribution in [3.8, 4) is 0 Å². The van der Waals surface area contributed by atoms with E-state index in [0.717, 1.165) is 12.2 Å². The van der Waals surface area contributed by atoms with Gasteiger partial charge in [0.05, 0.1) is 0 Å². The Balaban J connectivity index is 2.41. The van der Waals surface area contributed by atoms with Crippen LogP contribution in [0.1, 0.15) is 30.5 Å². The zero-order chi connectivity index (χ0) is 10.1. The number of hydrogen-bond acceptors (Lipinski definition) is 2. The van der Waals surface area contributed by atoms with Gasteiger partial charge in [0.1, 0.15) is 0 Å². The summed E-state index contributed by atoms with van der Waals surface area (Å²) in [6.07, 6.45) is 1.15. The number of benzene rings is 1. The van der Waals surface area contributed by atoms with Crippen molar-refractivity contribution in [1.29, 1.82) is 0 Å². The number of halogens is 1. The third-order valence-electron chi connectivity index (χ3n) is 2.76. The lowest BCUT2D eigenvalue weighted by Crippen LogP contribution is -2.27. The number of thioether (sulfide) groups is 1. The summed E-state index contributed by atoms with van der Waals surface area (Å²) in [6.45, 7) is 2.21. The molecule has 76 valence electrons. The van der Waals surface area contributed by atoms with Crippen LogP contribution in [0.25, 0.3) is 0 Å². The van der Waals surface area contributed by atoms with E-state index < -0.39 is 0 Å². The minimum atomic E-state index is 0.200. The predicted octanol–water partition coefficient (Wildman–Crippen LogP) is 3.47. The Bertz CT molecular complexity index is 340. The van der Waals surface area contributed by atoms with Crippen LogP contribution in [0.2, 0.25) is 0 Å². The van der Waals surface area contributed by atoms with Crippen LogP contribution in [0.4, 0.5) is 0 Å². The second kappa shape index (κ2) is 4.25. The largest absolute Gasteiger partial charge is 0.323 e. The van der Waals surface area contributed by atoms with Gasteiger partial charge in [0.15, 0.2) is 0 Å². The number of hydrogen-bond donors (Lipinski definition) is 1. The maximum Gasteiger partial charge on any atom is 0.0419 e. The fourth-order valence-corrected chi connectivity index (χ4v) is 3.91. The smallest absolute Gasteiger partial charge is 0.0419 e. The second-order valence-electron chi connectivity index (χ2n) is 3.59. The van der Waals surface area contributed by atoms with E-state index in [1.54, 1.807) is 0 Å². The van der Waals surface area contributed by atoms with Gasteiger partial charge in [-0.3, -0.25) is 0 Å². The lowest BCUT2D eigenvalue weighted by molar-refractivity contribution is 0.642. The highest BCUT2D eigenvalue weighted by Gasteiger charge is 2.26. The van der Waals surface area contributed by atoms with E-state index in [4.69, 9.17) is 5.73 Å². The third kappa shape index (κ3) is 1.73. The molecule has 0 saturated heterocycles. The van der Waals surface area contributed by atoms with Crippen molar-refractivity contribution in [3.63, 3.8) is 0 Å². The van der Waals surface area contributed by atoms with Crippen LogP contribution in [0.5, 0.6) is 0 Å². The van der Waals surface area contributed by atoms with Crippen molar-refractivity contribution in [2.75, 3.05) is 0 Å². The SMILES string of the molecule is CCC1SCc2c(Br)cccc2C1N. The van der Waals surface area contributed by atoms with Crippen molar-refractivity contribution >= 4 is 27.7 Å². The topological polar surface area (TPSA) is 26.0 Å². The fourth-order valence-electron chi connectivity index (χ4n) is 1.91. The van der Waals surface area contributed by atoms with Gasteiger partial charge in [0.2, 0.25) is 0 Å². The molecule has 0 aromatic heterocycles. The fraction of sp³-hybridized carbons (Fsp3) is 0.455. The molecule has 2 unspecified atom stereocenters. The van der Waals surface area contributed by atoms with Gasteiger partial charge < -0.3 is 5.73 Å². The van der Waals surface area contributed by atoms with Crippen molar-refractivity contribution in [1.82, 2.24) is 0 Å². The second-order valence-corrected chi connectivity index (χ2v) is 5.67. The average molecular weight is 272 g/mol. The van der Waals surface area contributed by atoms with Gasteiger partial charge in [-0.2, -0.15) is 11.8 Å². The van der Waals surface area contributed by atoms with Gasteiger partial charge in [0, 0.05) is 21.5 Å². The molecule has 1 aromatic carbocycles. The molecule has 1 nitrogen and oxygen atoms in total. The van der Waals surface area contributed by atoms with Crippen LogP contribution in [0, 0.1) is 0 Å². The molecule has 2 rings (SSSR count). The molecule has 0 saturated carbocycles. The molecule has 1 heterocycles. The van der Waals surface area contributed by atoms with Crippen molar-refractivity contribution < 1.29 is 0 Å². The monoisotopic (exact) mass is 271 g/mol. The van der Waals surface area contributed by atoms with E-state index in [1.165, 1.54) is 15.6 Å². The molecule has 1 aromatic rings. The molecule has 0 bridgehead atoms. The molecule has 0 fully saturated rings. The molecule has 0 aliphatic carbocycles. The average Bonchev–Trinajstić information content (AvgIpc) is 2.20. The van der Waals surface area contributed by atoms with Crippen LogP contribution in [-0.4, -0.2) is 5.25 Å². The summed E-state index contributed by atoms with van der Waals surface area (Å²) in [6, 6.07) is 6.53. The van der Waals surface area contributed by atoms with Gasteiger partial charge in [0.25, 0.3) is 0 Å². The van der Waals surface area contributed by atoms with Gasteiger partial charge in [-0.25, -0.2) is 0 Å². The number of nitrogens with two attached hydrogens (primary N) is 1. The van der Waals surface area contributed by atoms with E-state index in [2.05, 4.69) is 41.1 Å². The van der Waals surface area contributed by atoms with Gasteiger partial charge in [-0.15, -0.1) is 0 Å². The van der Waals surface area contributed by atoms with Crippen LogP contribution in [-0.2, 0) is 5.75 Å². The summed E-state index contributed by atoms with van der Waals surface area (Å²) in [4.78, 5) is 0. The molecular weight excluding hydrogens is 258 g/mol.